The number of amides is 2. The predicted octanol–water partition coefficient (Wildman–Crippen LogP) is 3.09. The molecule has 0 radical (unpaired) electrons. The zero-order valence-electron chi connectivity index (χ0n) is 23.6. The van der Waals surface area contributed by atoms with Crippen LogP contribution in [0.25, 0.3) is 0 Å². The molecule has 2 fully saturated rings. The molecule has 1 aromatic rings. The fourth-order valence-electron chi connectivity index (χ4n) is 4.36. The van der Waals surface area contributed by atoms with Gasteiger partial charge in [0.15, 0.2) is 0 Å². The van der Waals surface area contributed by atoms with Crippen molar-refractivity contribution in [2.24, 2.45) is 5.92 Å². The lowest BCUT2D eigenvalue weighted by Crippen LogP contribution is -2.50. The van der Waals surface area contributed by atoms with Gasteiger partial charge in [-0.1, -0.05) is 0 Å². The van der Waals surface area contributed by atoms with Crippen LogP contribution in [0, 0.1) is 5.92 Å². The summed E-state index contributed by atoms with van der Waals surface area (Å²) in [5, 5.41) is 2.65. The lowest BCUT2D eigenvalue weighted by molar-refractivity contribution is -0.134. The van der Waals surface area contributed by atoms with Crippen molar-refractivity contribution in [2.45, 2.75) is 104 Å². The van der Waals surface area contributed by atoms with Gasteiger partial charge in [0.1, 0.15) is 11.6 Å². The second kappa shape index (κ2) is 11.6. The van der Waals surface area contributed by atoms with E-state index in [1.165, 1.54) is 0 Å². The predicted molar refractivity (Wildman–Crippen MR) is 141 cm³/mol. The molecule has 37 heavy (non-hydrogen) atoms. The van der Waals surface area contributed by atoms with Gasteiger partial charge in [0, 0.05) is 30.9 Å². The van der Waals surface area contributed by atoms with Gasteiger partial charge in [-0.05, 0) is 87.0 Å². The first-order chi connectivity index (χ1) is 17.2. The number of ether oxygens (including phenoxy) is 2. The van der Waals surface area contributed by atoms with Gasteiger partial charge in [-0.2, -0.15) is 0 Å². The second-order valence-corrected chi connectivity index (χ2v) is 12.0. The highest BCUT2D eigenvalue weighted by molar-refractivity contribution is 6.61. The van der Waals surface area contributed by atoms with Crippen molar-refractivity contribution in [3.05, 3.63) is 12.4 Å². The fourth-order valence-corrected chi connectivity index (χ4v) is 4.36. The molecule has 2 aliphatic rings. The van der Waals surface area contributed by atoms with Crippen LogP contribution in [-0.4, -0.2) is 76.5 Å². The van der Waals surface area contributed by atoms with E-state index < -0.39 is 36.1 Å². The molecule has 2 aliphatic heterocycles. The van der Waals surface area contributed by atoms with E-state index in [1.54, 1.807) is 40.1 Å². The number of hydrogen-bond acceptors (Lipinski definition) is 8. The summed E-state index contributed by atoms with van der Waals surface area (Å²) in [6.45, 7) is 17.0. The maximum absolute atomic E-state index is 12.9. The molecule has 1 aromatic heterocycles. The number of likely N-dealkylation sites (tertiary alicyclic amines) is 1. The van der Waals surface area contributed by atoms with Crippen LogP contribution >= 0.6 is 0 Å². The summed E-state index contributed by atoms with van der Waals surface area (Å²) in [4.78, 5) is 35.3. The Kier molecular flexibility index (Phi) is 9.11. The van der Waals surface area contributed by atoms with Crippen LogP contribution in [0.3, 0.4) is 0 Å². The third kappa shape index (κ3) is 8.04. The Bertz CT molecular complexity index is 918. The molecule has 0 aromatic carbocycles. The maximum Gasteiger partial charge on any atom is 0.498 e. The maximum atomic E-state index is 12.9. The zero-order valence-corrected chi connectivity index (χ0v) is 23.6. The Hall–Kier alpha value is -2.40. The lowest BCUT2D eigenvalue weighted by Gasteiger charge is -2.34. The molecule has 2 atom stereocenters. The number of piperidine rings is 1. The highest BCUT2D eigenvalue weighted by Crippen LogP contribution is 2.36. The summed E-state index contributed by atoms with van der Waals surface area (Å²) < 4.78 is 23.1. The topological polar surface area (TPSA) is 112 Å². The monoisotopic (exact) mass is 518 g/mol. The van der Waals surface area contributed by atoms with Crippen molar-refractivity contribution in [3.8, 4) is 6.01 Å². The SMILES string of the molecule is C[C@H](NC(=O)OC(C)(C)C)C(=O)N1CCC[C@H](CCCOc2ncc(B3OC(C)(C)C(C)(C)O3)cn2)C1. The highest BCUT2D eigenvalue weighted by Gasteiger charge is 2.52. The lowest BCUT2D eigenvalue weighted by atomic mass is 9.81. The van der Waals surface area contributed by atoms with Crippen molar-refractivity contribution in [3.63, 3.8) is 0 Å². The number of nitrogens with one attached hydrogen (secondary N) is 1. The van der Waals surface area contributed by atoms with Gasteiger partial charge in [-0.15, -0.1) is 0 Å². The molecule has 0 spiro atoms. The third-order valence-electron chi connectivity index (χ3n) is 7.10. The summed E-state index contributed by atoms with van der Waals surface area (Å²) in [6.07, 6.45) is 6.56. The molecule has 10 nitrogen and oxygen atoms in total. The number of aromatic nitrogens is 2. The Morgan fingerprint density at radius 3 is 2.41 bits per heavy atom. The summed E-state index contributed by atoms with van der Waals surface area (Å²) in [6, 6.07) is -0.308. The van der Waals surface area contributed by atoms with Crippen LogP contribution in [0.15, 0.2) is 12.4 Å². The van der Waals surface area contributed by atoms with Gasteiger partial charge in [-0.25, -0.2) is 14.8 Å². The Morgan fingerprint density at radius 1 is 1.19 bits per heavy atom. The minimum absolute atomic E-state index is 0.0812. The molecule has 0 unspecified atom stereocenters. The van der Waals surface area contributed by atoms with Crippen LogP contribution in [0.1, 0.15) is 81.1 Å². The number of nitrogens with zero attached hydrogens (tertiary/aromatic N) is 3. The molecule has 3 heterocycles. The van der Waals surface area contributed by atoms with Gasteiger partial charge >= 0.3 is 19.2 Å². The number of rotatable bonds is 8. The van der Waals surface area contributed by atoms with E-state index in [1.807, 2.05) is 32.6 Å². The van der Waals surface area contributed by atoms with Crippen LogP contribution in [0.2, 0.25) is 0 Å². The van der Waals surface area contributed by atoms with Crippen LogP contribution in [-0.2, 0) is 18.8 Å². The average molecular weight is 518 g/mol. The Labute approximate surface area is 221 Å². The molecule has 0 saturated carbocycles. The normalized spacial score (nSPS) is 21.9. The van der Waals surface area contributed by atoms with Crippen molar-refractivity contribution < 1.29 is 28.4 Å². The summed E-state index contributed by atoms with van der Waals surface area (Å²) >= 11 is 0. The first-order valence-corrected chi connectivity index (χ1v) is 13.3. The van der Waals surface area contributed by atoms with Crippen molar-refractivity contribution in [2.75, 3.05) is 19.7 Å². The summed E-state index contributed by atoms with van der Waals surface area (Å²) in [5.41, 5.74) is -0.684. The quantitative estimate of drug-likeness (QED) is 0.413. The minimum atomic E-state index is -0.630. The number of carbonyl (C=O) groups is 2. The molecule has 11 heteroatoms. The van der Waals surface area contributed by atoms with E-state index >= 15 is 0 Å². The van der Waals surface area contributed by atoms with Gasteiger partial charge in [0.2, 0.25) is 5.91 Å². The Morgan fingerprint density at radius 2 is 1.81 bits per heavy atom. The van der Waals surface area contributed by atoms with E-state index in [-0.39, 0.29) is 5.91 Å². The van der Waals surface area contributed by atoms with Crippen LogP contribution in [0.5, 0.6) is 6.01 Å². The van der Waals surface area contributed by atoms with Gasteiger partial charge in [-0.3, -0.25) is 4.79 Å². The van der Waals surface area contributed by atoms with E-state index in [2.05, 4.69) is 15.3 Å². The molecule has 0 bridgehead atoms. The van der Waals surface area contributed by atoms with Crippen molar-refractivity contribution in [1.82, 2.24) is 20.2 Å². The van der Waals surface area contributed by atoms with Crippen molar-refractivity contribution in [1.29, 1.82) is 0 Å². The van der Waals surface area contributed by atoms with Gasteiger partial charge in [0.25, 0.3) is 0 Å². The molecular weight excluding hydrogens is 475 g/mol. The second-order valence-electron chi connectivity index (χ2n) is 12.0. The zero-order chi connectivity index (χ0) is 27.4. The van der Waals surface area contributed by atoms with E-state index in [4.69, 9.17) is 18.8 Å². The fraction of sp³-hybridized carbons (Fsp3) is 0.769. The molecular formula is C26H43BN4O6. The van der Waals surface area contributed by atoms with Gasteiger partial charge < -0.3 is 29.0 Å². The standard InChI is InChI=1S/C26H43BN4O6/c1-18(30-23(33)35-24(2,3)4)21(32)31-13-9-11-19(17-31)12-10-14-34-22-28-15-20(16-29-22)27-36-25(5,6)26(7,8)37-27/h15-16,18-19H,9-14,17H2,1-8H3,(H,30,33)/t18-,19+/m0/s1. The Balaban J connectivity index is 1.39. The molecule has 2 amide bonds. The summed E-state index contributed by atoms with van der Waals surface area (Å²) in [7, 11) is -0.502. The molecule has 0 aliphatic carbocycles. The van der Waals surface area contributed by atoms with Crippen LogP contribution < -0.4 is 15.5 Å². The molecule has 1 N–H and O–H groups in total. The average Bonchev–Trinajstić information content (AvgIpc) is 3.02. The van der Waals surface area contributed by atoms with Gasteiger partial charge in [0.05, 0.1) is 17.8 Å². The number of hydrogen-bond donors (Lipinski definition) is 1. The third-order valence-corrected chi connectivity index (χ3v) is 7.10. The molecule has 206 valence electrons. The van der Waals surface area contributed by atoms with Crippen LogP contribution in [0.4, 0.5) is 4.79 Å². The first kappa shape index (κ1) is 29.2. The molecule has 2 saturated heterocycles. The first-order valence-electron chi connectivity index (χ1n) is 13.3. The van der Waals surface area contributed by atoms with E-state index in [0.29, 0.717) is 31.6 Å². The number of alkyl carbamates (subject to hydrolysis) is 1. The number of carbonyl (C=O) groups excluding carboxylic acids is 2. The molecule has 3 rings (SSSR count). The minimum Gasteiger partial charge on any atom is -0.463 e. The van der Waals surface area contributed by atoms with E-state index in [0.717, 1.165) is 31.1 Å². The smallest absolute Gasteiger partial charge is 0.463 e. The highest BCUT2D eigenvalue weighted by atomic mass is 16.7. The summed E-state index contributed by atoms with van der Waals surface area (Å²) in [5.74, 6) is 0.309. The van der Waals surface area contributed by atoms with Crippen molar-refractivity contribution >= 4 is 24.6 Å². The van der Waals surface area contributed by atoms with E-state index in [9.17, 15) is 9.59 Å². The largest absolute Gasteiger partial charge is 0.498 e.